The Hall–Kier alpha value is -2.23. The van der Waals surface area contributed by atoms with Crippen molar-refractivity contribution in [1.82, 2.24) is 14.7 Å². The van der Waals surface area contributed by atoms with Crippen LogP contribution in [0, 0.1) is 11.3 Å². The molecule has 1 N–H and O–H groups in total. The summed E-state index contributed by atoms with van der Waals surface area (Å²) >= 11 is 1.90. The van der Waals surface area contributed by atoms with Crippen LogP contribution in [-0.4, -0.2) is 35.6 Å². The molecule has 24 heavy (non-hydrogen) atoms. The van der Waals surface area contributed by atoms with Crippen molar-refractivity contribution < 1.29 is 0 Å². The lowest BCUT2D eigenvalue weighted by Crippen LogP contribution is -2.44. The number of piperazine rings is 1. The molecule has 2 aliphatic rings. The van der Waals surface area contributed by atoms with Gasteiger partial charge in [0.25, 0.3) is 0 Å². The van der Waals surface area contributed by atoms with E-state index in [-0.39, 0.29) is 0 Å². The number of hydrogen-bond acceptors (Lipinski definition) is 5. The summed E-state index contributed by atoms with van der Waals surface area (Å²) in [6.45, 7) is 3.97. The molecule has 5 nitrogen and oxygen atoms in total. The van der Waals surface area contributed by atoms with E-state index >= 15 is 0 Å². The summed E-state index contributed by atoms with van der Waals surface area (Å²) in [5, 5.41) is 13.2. The van der Waals surface area contributed by atoms with Crippen LogP contribution in [0.15, 0.2) is 24.3 Å². The SMILES string of the molecule is N#Cc1c2c(c(N3CCNCC3)n3c1nc1ccccc13)CSC2. The van der Waals surface area contributed by atoms with Crippen molar-refractivity contribution in [2.45, 2.75) is 11.5 Å². The highest BCUT2D eigenvalue weighted by Crippen LogP contribution is 2.41. The Morgan fingerprint density at radius 3 is 2.75 bits per heavy atom. The van der Waals surface area contributed by atoms with Crippen molar-refractivity contribution in [3.8, 4) is 6.07 Å². The van der Waals surface area contributed by atoms with Crippen LogP contribution in [0.5, 0.6) is 0 Å². The van der Waals surface area contributed by atoms with Crippen LogP contribution in [0.4, 0.5) is 5.82 Å². The Morgan fingerprint density at radius 1 is 1.12 bits per heavy atom. The number of aromatic nitrogens is 2. The van der Waals surface area contributed by atoms with Crippen molar-refractivity contribution in [2.75, 3.05) is 31.1 Å². The lowest BCUT2D eigenvalue weighted by atomic mass is 10.1. The number of anilines is 1. The third kappa shape index (κ3) is 1.89. The number of nitriles is 1. The molecule has 1 fully saturated rings. The third-order valence-electron chi connectivity index (χ3n) is 4.95. The van der Waals surface area contributed by atoms with Crippen LogP contribution >= 0.6 is 11.8 Å². The molecule has 2 aromatic heterocycles. The molecule has 2 aliphatic heterocycles. The minimum absolute atomic E-state index is 0.755. The van der Waals surface area contributed by atoms with Crippen LogP contribution in [0.2, 0.25) is 0 Å². The summed E-state index contributed by atoms with van der Waals surface area (Å²) in [6.07, 6.45) is 0. The smallest absolute Gasteiger partial charge is 0.157 e. The minimum Gasteiger partial charge on any atom is -0.355 e. The molecule has 0 radical (unpaired) electrons. The van der Waals surface area contributed by atoms with Gasteiger partial charge in [-0.25, -0.2) is 4.98 Å². The molecular formula is C18H17N5S. The summed E-state index contributed by atoms with van der Waals surface area (Å²) in [5.74, 6) is 3.14. The predicted octanol–water partition coefficient (Wildman–Crippen LogP) is 2.52. The van der Waals surface area contributed by atoms with E-state index in [1.807, 2.05) is 30.0 Å². The number of rotatable bonds is 1. The van der Waals surface area contributed by atoms with E-state index < -0.39 is 0 Å². The lowest BCUT2D eigenvalue weighted by Gasteiger charge is -2.32. The molecule has 0 atom stereocenters. The van der Waals surface area contributed by atoms with Gasteiger partial charge in [-0.05, 0) is 17.7 Å². The first-order valence-electron chi connectivity index (χ1n) is 8.27. The Labute approximate surface area is 144 Å². The largest absolute Gasteiger partial charge is 0.355 e. The fourth-order valence-electron chi connectivity index (χ4n) is 3.86. The lowest BCUT2D eigenvalue weighted by molar-refractivity contribution is 0.582. The normalized spacial score (nSPS) is 17.4. The first kappa shape index (κ1) is 14.1. The van der Waals surface area contributed by atoms with Crippen LogP contribution in [-0.2, 0) is 11.5 Å². The topological polar surface area (TPSA) is 56.4 Å². The molecule has 0 bridgehead atoms. The van der Waals surface area contributed by atoms with Gasteiger partial charge in [0.15, 0.2) is 5.65 Å². The monoisotopic (exact) mass is 335 g/mol. The number of fused-ring (bicyclic) bond motifs is 4. The number of nitrogens with zero attached hydrogens (tertiary/aromatic N) is 4. The highest BCUT2D eigenvalue weighted by atomic mass is 32.2. The molecule has 3 aromatic rings. The fourth-order valence-corrected chi connectivity index (χ4v) is 4.99. The maximum absolute atomic E-state index is 9.79. The predicted molar refractivity (Wildman–Crippen MR) is 97.5 cm³/mol. The van der Waals surface area contributed by atoms with Crippen LogP contribution in [0.1, 0.15) is 16.7 Å². The maximum atomic E-state index is 9.79. The summed E-state index contributed by atoms with van der Waals surface area (Å²) in [4.78, 5) is 7.27. The number of thioether (sulfide) groups is 1. The Kier molecular flexibility index (Phi) is 3.18. The van der Waals surface area contributed by atoms with Gasteiger partial charge in [-0.15, -0.1) is 0 Å². The van der Waals surface area contributed by atoms with Gasteiger partial charge in [0.1, 0.15) is 11.9 Å². The second-order valence-electron chi connectivity index (χ2n) is 6.26. The van der Waals surface area contributed by atoms with E-state index in [0.29, 0.717) is 0 Å². The quantitative estimate of drug-likeness (QED) is 0.740. The molecule has 5 rings (SSSR count). The molecule has 0 spiro atoms. The van der Waals surface area contributed by atoms with Crippen molar-refractivity contribution in [1.29, 1.82) is 5.26 Å². The van der Waals surface area contributed by atoms with Gasteiger partial charge in [0.2, 0.25) is 0 Å². The fraction of sp³-hybridized carbons (Fsp3) is 0.333. The Bertz CT molecular complexity index is 994. The number of imidazole rings is 1. The van der Waals surface area contributed by atoms with Crippen molar-refractivity contribution in [3.63, 3.8) is 0 Å². The molecule has 0 amide bonds. The van der Waals surface area contributed by atoms with E-state index in [1.54, 1.807) is 0 Å². The van der Waals surface area contributed by atoms with E-state index in [0.717, 1.165) is 59.9 Å². The van der Waals surface area contributed by atoms with Gasteiger partial charge in [0.05, 0.1) is 16.6 Å². The van der Waals surface area contributed by atoms with Gasteiger partial charge < -0.3 is 10.2 Å². The van der Waals surface area contributed by atoms with E-state index in [2.05, 4.69) is 26.8 Å². The second kappa shape index (κ2) is 5.40. The van der Waals surface area contributed by atoms with Gasteiger partial charge in [-0.2, -0.15) is 17.0 Å². The molecule has 0 saturated carbocycles. The van der Waals surface area contributed by atoms with Gasteiger partial charge in [-0.3, -0.25) is 4.40 Å². The molecule has 4 heterocycles. The second-order valence-corrected chi connectivity index (χ2v) is 7.24. The van der Waals surface area contributed by atoms with Crippen LogP contribution in [0.25, 0.3) is 16.7 Å². The van der Waals surface area contributed by atoms with Crippen molar-refractivity contribution >= 4 is 34.3 Å². The molecule has 6 heteroatoms. The third-order valence-corrected chi connectivity index (χ3v) is 5.94. The highest BCUT2D eigenvalue weighted by Gasteiger charge is 2.29. The van der Waals surface area contributed by atoms with E-state index in [1.165, 1.54) is 16.9 Å². The number of nitrogens with one attached hydrogen (secondary N) is 1. The zero-order valence-corrected chi connectivity index (χ0v) is 14.1. The Morgan fingerprint density at radius 2 is 1.92 bits per heavy atom. The number of para-hydroxylation sites is 2. The number of benzene rings is 1. The van der Waals surface area contributed by atoms with Gasteiger partial charge in [-0.1, -0.05) is 12.1 Å². The van der Waals surface area contributed by atoms with Gasteiger partial charge in [0, 0.05) is 43.2 Å². The van der Waals surface area contributed by atoms with E-state index in [4.69, 9.17) is 4.98 Å². The zero-order valence-electron chi connectivity index (χ0n) is 13.2. The maximum Gasteiger partial charge on any atom is 0.157 e. The number of pyridine rings is 1. The average molecular weight is 335 g/mol. The molecule has 120 valence electrons. The first-order valence-corrected chi connectivity index (χ1v) is 9.42. The number of hydrogen-bond donors (Lipinski definition) is 1. The van der Waals surface area contributed by atoms with Crippen molar-refractivity contribution in [2.24, 2.45) is 0 Å². The van der Waals surface area contributed by atoms with Crippen LogP contribution < -0.4 is 10.2 Å². The summed E-state index contributed by atoms with van der Waals surface area (Å²) < 4.78 is 2.23. The zero-order chi connectivity index (χ0) is 16.1. The van der Waals surface area contributed by atoms with Crippen molar-refractivity contribution in [3.05, 3.63) is 41.0 Å². The molecule has 0 unspecified atom stereocenters. The molecule has 1 saturated heterocycles. The standard InChI is InChI=1S/C18H17N5S/c19-9-12-13-10-24-11-14(13)18(22-7-5-20-6-8-22)23-16-4-2-1-3-15(16)21-17(12)23/h1-4,20H,5-8,10-11H2. The Balaban J connectivity index is 1.93. The van der Waals surface area contributed by atoms with E-state index in [9.17, 15) is 5.26 Å². The highest BCUT2D eigenvalue weighted by molar-refractivity contribution is 7.98. The van der Waals surface area contributed by atoms with Crippen LogP contribution in [0.3, 0.4) is 0 Å². The van der Waals surface area contributed by atoms with Gasteiger partial charge >= 0.3 is 0 Å². The molecule has 1 aromatic carbocycles. The molecular weight excluding hydrogens is 318 g/mol. The summed E-state index contributed by atoms with van der Waals surface area (Å²) in [5.41, 5.74) is 6.14. The average Bonchev–Trinajstić information content (AvgIpc) is 3.25. The first-order chi connectivity index (χ1) is 11.9. The molecule has 0 aliphatic carbocycles. The summed E-state index contributed by atoms with van der Waals surface area (Å²) in [7, 11) is 0. The summed E-state index contributed by atoms with van der Waals surface area (Å²) in [6, 6.07) is 10.6. The minimum atomic E-state index is 0.755.